The van der Waals surface area contributed by atoms with Crippen LogP contribution < -0.4 is 15.4 Å². The fraction of sp³-hybridized carbons (Fsp3) is 0.0833. The van der Waals surface area contributed by atoms with Crippen molar-refractivity contribution in [2.75, 3.05) is 15.4 Å². The van der Waals surface area contributed by atoms with Gasteiger partial charge in [0, 0.05) is 0 Å². The van der Waals surface area contributed by atoms with Crippen molar-refractivity contribution in [3.05, 3.63) is 83.0 Å². The Hall–Kier alpha value is -3.43. The first kappa shape index (κ1) is 21.4. The molecule has 3 aromatic carbocycles. The Morgan fingerprint density at radius 2 is 1.79 bits per heavy atom. The molecule has 1 amide bonds. The first-order valence-electron chi connectivity index (χ1n) is 10.3. The molecule has 0 bridgehead atoms. The van der Waals surface area contributed by atoms with Crippen molar-refractivity contribution < 1.29 is 9.00 Å². The summed E-state index contributed by atoms with van der Waals surface area (Å²) in [6.45, 7) is 7.89. The monoisotopic (exact) mass is 472 g/mol. The van der Waals surface area contributed by atoms with Gasteiger partial charge in [0.2, 0.25) is 0 Å². The number of fused-ring (bicyclic) bond motifs is 3. The zero-order valence-corrected chi connectivity index (χ0v) is 19.8. The van der Waals surface area contributed by atoms with Crippen LogP contribution in [0.5, 0.6) is 0 Å². The van der Waals surface area contributed by atoms with Gasteiger partial charge in [-0.15, -0.1) is 0 Å². The standard InChI is InChI=1S/C24H21BN4O2S2/c1-14-4-3-5-15(2)22(14)29-33(25,31)17-8-6-16(7-9-17)26-12-18-21-19(28-24(18)30)10-11-20-23(21)27-13-32-20/h3-13,25-26H,1-2H3,(H,28,30)(H,29,31)/b18-12-. The number of carbonyl (C=O) groups is 1. The molecule has 164 valence electrons. The van der Waals surface area contributed by atoms with Gasteiger partial charge in [0.1, 0.15) is 0 Å². The summed E-state index contributed by atoms with van der Waals surface area (Å²) in [6, 6.07) is 17.0. The molecular weight excluding hydrogens is 451 g/mol. The predicted molar refractivity (Wildman–Crippen MR) is 139 cm³/mol. The van der Waals surface area contributed by atoms with Crippen LogP contribution in [0.4, 0.5) is 17.1 Å². The Balaban J connectivity index is 1.39. The fourth-order valence-corrected chi connectivity index (χ4v) is 5.90. The number of benzene rings is 3. The molecule has 0 fully saturated rings. The third-order valence-electron chi connectivity index (χ3n) is 5.63. The number of nitrogens with zero attached hydrogens (tertiary/aromatic N) is 1. The average Bonchev–Trinajstić information content (AvgIpc) is 3.38. The van der Waals surface area contributed by atoms with Crippen molar-refractivity contribution in [1.29, 1.82) is 0 Å². The third-order valence-corrected chi connectivity index (χ3v) is 7.99. The summed E-state index contributed by atoms with van der Waals surface area (Å²) in [7, 11) is -2.74. The van der Waals surface area contributed by atoms with E-state index in [-0.39, 0.29) is 5.91 Å². The van der Waals surface area contributed by atoms with E-state index in [9.17, 15) is 9.00 Å². The number of thiazole rings is 1. The Kier molecular flexibility index (Phi) is 5.30. The van der Waals surface area contributed by atoms with E-state index < -0.39 is 9.55 Å². The number of para-hydroxylation sites is 1. The predicted octanol–water partition coefficient (Wildman–Crippen LogP) is 4.80. The summed E-state index contributed by atoms with van der Waals surface area (Å²) in [5.41, 5.74) is 8.32. The van der Waals surface area contributed by atoms with Crippen LogP contribution in [0.25, 0.3) is 15.8 Å². The van der Waals surface area contributed by atoms with Gasteiger partial charge in [-0.2, -0.15) is 0 Å². The van der Waals surface area contributed by atoms with Crippen LogP contribution in [0.1, 0.15) is 16.7 Å². The molecule has 0 spiro atoms. The number of nitrogens with one attached hydrogen (secondary N) is 3. The van der Waals surface area contributed by atoms with Crippen LogP contribution in [0.15, 0.2) is 71.2 Å². The molecule has 1 aliphatic heterocycles. The zero-order chi connectivity index (χ0) is 23.2. The van der Waals surface area contributed by atoms with E-state index in [1.807, 2.05) is 56.3 Å². The maximum absolute atomic E-state index is 13.3. The Morgan fingerprint density at radius 1 is 1.06 bits per heavy atom. The van der Waals surface area contributed by atoms with Crippen LogP contribution >= 0.6 is 11.3 Å². The molecule has 0 saturated carbocycles. The SMILES string of the molecule is B=S(=O)(Nc1c(C)cccc1C)c1ccc(N/C=C2\C(=O)Nc3ccc4scnc4c32)cc1. The minimum atomic E-state index is -2.74. The summed E-state index contributed by atoms with van der Waals surface area (Å²) < 4.78 is 17.5. The van der Waals surface area contributed by atoms with Crippen molar-refractivity contribution in [3.8, 4) is 0 Å². The number of rotatable bonds is 5. The molecule has 1 aromatic heterocycles. The molecule has 0 aliphatic carbocycles. The van der Waals surface area contributed by atoms with Gasteiger partial charge >= 0.3 is 197 Å². The number of anilines is 3. The summed E-state index contributed by atoms with van der Waals surface area (Å²) >= 11 is 1.54. The summed E-state index contributed by atoms with van der Waals surface area (Å²) in [5.74, 6) is -0.173. The normalized spacial score (nSPS) is 15.8. The summed E-state index contributed by atoms with van der Waals surface area (Å²) in [4.78, 5) is 17.6. The van der Waals surface area contributed by atoms with Crippen LogP contribution in [0.2, 0.25) is 0 Å². The molecule has 3 N–H and O–H groups in total. The minimum absolute atomic E-state index is 0.173. The summed E-state index contributed by atoms with van der Waals surface area (Å²) in [5, 5.41) is 6.07. The molecule has 2 heterocycles. The molecule has 0 saturated heterocycles. The topological polar surface area (TPSA) is 83.1 Å². The van der Waals surface area contributed by atoms with Crippen molar-refractivity contribution in [2.24, 2.45) is 0 Å². The number of aromatic nitrogens is 1. The zero-order valence-electron chi connectivity index (χ0n) is 18.1. The second-order valence-electron chi connectivity index (χ2n) is 7.91. The molecule has 1 aliphatic rings. The van der Waals surface area contributed by atoms with E-state index in [0.29, 0.717) is 10.5 Å². The second-order valence-corrected chi connectivity index (χ2v) is 10.8. The van der Waals surface area contributed by atoms with E-state index in [1.54, 1.807) is 35.2 Å². The van der Waals surface area contributed by atoms with Crippen LogP contribution in [-0.2, 0) is 14.3 Å². The van der Waals surface area contributed by atoms with Gasteiger partial charge in [0.25, 0.3) is 0 Å². The van der Waals surface area contributed by atoms with Crippen LogP contribution in [-0.4, -0.2) is 21.8 Å². The number of amides is 1. The van der Waals surface area contributed by atoms with E-state index in [4.69, 9.17) is 0 Å². The number of carbonyl (C=O) groups excluding carboxylic acids is 1. The Morgan fingerprint density at radius 3 is 2.52 bits per heavy atom. The van der Waals surface area contributed by atoms with Gasteiger partial charge in [-0.25, -0.2) is 0 Å². The van der Waals surface area contributed by atoms with Crippen LogP contribution in [0.3, 0.4) is 0 Å². The van der Waals surface area contributed by atoms with Crippen molar-refractivity contribution >= 4 is 66.4 Å². The Bertz CT molecular complexity index is 1520. The van der Waals surface area contributed by atoms with E-state index in [2.05, 4.69) is 27.1 Å². The van der Waals surface area contributed by atoms with Gasteiger partial charge in [-0.3, -0.25) is 0 Å². The molecule has 33 heavy (non-hydrogen) atoms. The molecule has 0 radical (unpaired) electrons. The van der Waals surface area contributed by atoms with Crippen molar-refractivity contribution in [3.63, 3.8) is 0 Å². The molecule has 1 atom stereocenters. The van der Waals surface area contributed by atoms with Gasteiger partial charge in [0.15, 0.2) is 0 Å². The Labute approximate surface area is 197 Å². The molecule has 5 rings (SSSR count). The van der Waals surface area contributed by atoms with Crippen molar-refractivity contribution in [1.82, 2.24) is 4.98 Å². The number of hydrogen-bond donors (Lipinski definition) is 3. The molecule has 1 unspecified atom stereocenters. The quantitative estimate of drug-likeness (QED) is 0.288. The van der Waals surface area contributed by atoms with E-state index >= 15 is 0 Å². The fourth-order valence-electron chi connectivity index (χ4n) is 3.87. The summed E-state index contributed by atoms with van der Waals surface area (Å²) in [6.07, 6.45) is 1.69. The average molecular weight is 472 g/mol. The molecular formula is C24H21BN4O2S2. The van der Waals surface area contributed by atoms with Gasteiger partial charge in [-0.05, 0) is 0 Å². The number of hydrogen-bond acceptors (Lipinski definition) is 5. The van der Waals surface area contributed by atoms with Gasteiger partial charge in [-0.1, -0.05) is 0 Å². The van der Waals surface area contributed by atoms with Gasteiger partial charge < -0.3 is 0 Å². The molecule has 4 aromatic rings. The van der Waals surface area contributed by atoms with Crippen molar-refractivity contribution in [2.45, 2.75) is 18.7 Å². The first-order valence-corrected chi connectivity index (χ1v) is 12.9. The first-order chi connectivity index (χ1) is 15.8. The molecule has 9 heteroatoms. The van der Waals surface area contributed by atoms with E-state index in [1.165, 1.54) is 0 Å². The van der Waals surface area contributed by atoms with E-state index in [0.717, 1.165) is 44.0 Å². The second kappa shape index (κ2) is 8.17. The third kappa shape index (κ3) is 3.94. The number of aryl methyl sites for hydroxylation is 2. The van der Waals surface area contributed by atoms with Gasteiger partial charge in [0.05, 0.1) is 0 Å². The van der Waals surface area contributed by atoms with Crippen LogP contribution in [0, 0.1) is 13.8 Å². The maximum atomic E-state index is 13.3. The molecule has 6 nitrogen and oxygen atoms in total.